The summed E-state index contributed by atoms with van der Waals surface area (Å²) in [6.45, 7) is 4.10. The van der Waals surface area contributed by atoms with Gasteiger partial charge in [-0.1, -0.05) is 59.9 Å². The number of ether oxygens (including phenoxy) is 4. The third-order valence-electron chi connectivity index (χ3n) is 6.73. The minimum atomic E-state index is -0.762. The number of rotatable bonds is 9. The molecule has 0 N–H and O–H groups in total. The van der Waals surface area contributed by atoms with E-state index in [1.54, 1.807) is 44.8 Å². The number of benzene rings is 3. The monoisotopic (exact) mass is 696 g/mol. The summed E-state index contributed by atoms with van der Waals surface area (Å²) < 4.78 is 25.6. The van der Waals surface area contributed by atoms with Gasteiger partial charge in [-0.15, -0.1) is 0 Å². The van der Waals surface area contributed by atoms with E-state index in [2.05, 4.69) is 27.6 Å². The molecule has 0 saturated carbocycles. The zero-order valence-corrected chi connectivity index (χ0v) is 26.5. The predicted molar refractivity (Wildman–Crippen MR) is 170 cm³/mol. The molecule has 1 aliphatic heterocycles. The highest BCUT2D eigenvalue weighted by atomic mass is 127. The number of methoxy groups -OCH3 is 2. The lowest BCUT2D eigenvalue weighted by Gasteiger charge is -2.25. The summed E-state index contributed by atoms with van der Waals surface area (Å²) in [6.07, 6.45) is 1.80. The SMILES string of the molecule is CCOC(=O)C1=C(C)N=c2s/c(=C/c3cc(I)c(OCc4ccccc4)c(OC)c3)c(=O)n2[C@@H]1c1ccccc1OC. The molecule has 1 atom stereocenters. The largest absolute Gasteiger partial charge is 0.496 e. The Morgan fingerprint density at radius 3 is 2.48 bits per heavy atom. The van der Waals surface area contributed by atoms with Gasteiger partial charge in [0, 0.05) is 5.56 Å². The van der Waals surface area contributed by atoms with Crippen LogP contribution in [0.25, 0.3) is 6.08 Å². The van der Waals surface area contributed by atoms with Gasteiger partial charge in [0.05, 0.1) is 40.2 Å². The Hall–Kier alpha value is -3.90. The molecule has 3 aromatic carbocycles. The van der Waals surface area contributed by atoms with Crippen molar-refractivity contribution in [3.05, 3.63) is 118 Å². The van der Waals surface area contributed by atoms with Gasteiger partial charge in [-0.2, -0.15) is 0 Å². The molecular formula is C32H29IN2O6S. The Morgan fingerprint density at radius 2 is 1.76 bits per heavy atom. The molecule has 2 heterocycles. The van der Waals surface area contributed by atoms with E-state index in [9.17, 15) is 9.59 Å². The lowest BCUT2D eigenvalue weighted by atomic mass is 9.95. The average molecular weight is 697 g/mol. The van der Waals surface area contributed by atoms with Crippen LogP contribution >= 0.6 is 33.9 Å². The van der Waals surface area contributed by atoms with Crippen LogP contribution in [0.4, 0.5) is 0 Å². The van der Waals surface area contributed by atoms with Gasteiger partial charge in [-0.25, -0.2) is 9.79 Å². The van der Waals surface area contributed by atoms with Crippen molar-refractivity contribution in [2.45, 2.75) is 26.5 Å². The van der Waals surface area contributed by atoms with Crippen molar-refractivity contribution in [3.8, 4) is 17.2 Å². The second-order valence-corrected chi connectivity index (χ2v) is 11.5. The van der Waals surface area contributed by atoms with E-state index < -0.39 is 12.0 Å². The molecule has 42 heavy (non-hydrogen) atoms. The van der Waals surface area contributed by atoms with E-state index >= 15 is 0 Å². The van der Waals surface area contributed by atoms with Crippen molar-refractivity contribution in [1.82, 2.24) is 4.57 Å². The van der Waals surface area contributed by atoms with E-state index in [0.29, 0.717) is 50.0 Å². The zero-order valence-electron chi connectivity index (χ0n) is 23.5. The summed E-state index contributed by atoms with van der Waals surface area (Å²) in [5.74, 6) is 1.23. The Bertz CT molecular complexity index is 1840. The molecule has 0 saturated heterocycles. The van der Waals surface area contributed by atoms with Crippen LogP contribution in [0.15, 0.2) is 87.8 Å². The minimum Gasteiger partial charge on any atom is -0.496 e. The van der Waals surface area contributed by atoms with Crippen molar-refractivity contribution in [1.29, 1.82) is 0 Å². The summed E-state index contributed by atoms with van der Waals surface area (Å²) in [7, 11) is 3.15. The second-order valence-electron chi connectivity index (χ2n) is 9.35. The summed E-state index contributed by atoms with van der Waals surface area (Å²) >= 11 is 3.47. The van der Waals surface area contributed by atoms with Gasteiger partial charge in [0.2, 0.25) is 0 Å². The molecule has 10 heteroatoms. The fourth-order valence-electron chi connectivity index (χ4n) is 4.82. The standard InChI is InChI=1S/C32H29IN2O6S/c1-5-40-31(37)27-19(2)34-32-35(28(27)22-13-9-10-14-24(22)38-3)30(36)26(42-32)17-21-15-23(33)29(25(16-21)39-4)41-18-20-11-7-6-8-12-20/h6-17,28H,5,18H2,1-4H3/b26-17+/t28-/m1/s1. The first-order valence-corrected chi connectivity index (χ1v) is 15.1. The van der Waals surface area contributed by atoms with Crippen LogP contribution in [-0.4, -0.2) is 31.4 Å². The van der Waals surface area contributed by atoms with Gasteiger partial charge in [-0.3, -0.25) is 9.36 Å². The molecule has 1 aliphatic rings. The number of fused-ring (bicyclic) bond motifs is 1. The van der Waals surface area contributed by atoms with Gasteiger partial charge in [0.25, 0.3) is 5.56 Å². The molecule has 8 nitrogen and oxygen atoms in total. The van der Waals surface area contributed by atoms with Crippen LogP contribution < -0.4 is 29.1 Å². The fourth-order valence-corrected chi connectivity index (χ4v) is 6.65. The number of para-hydroxylation sites is 1. The zero-order chi connectivity index (χ0) is 29.8. The van der Waals surface area contributed by atoms with Crippen LogP contribution in [0.3, 0.4) is 0 Å². The Morgan fingerprint density at radius 1 is 1.05 bits per heavy atom. The number of hydrogen-bond donors (Lipinski definition) is 0. The average Bonchev–Trinajstić information content (AvgIpc) is 3.29. The number of carbonyl (C=O) groups excluding carboxylic acids is 1. The molecule has 0 spiro atoms. The number of halogens is 1. The smallest absolute Gasteiger partial charge is 0.338 e. The number of allylic oxidation sites excluding steroid dienone is 1. The number of esters is 1. The van der Waals surface area contributed by atoms with E-state index in [0.717, 1.165) is 14.7 Å². The first-order valence-electron chi connectivity index (χ1n) is 13.2. The molecule has 0 radical (unpaired) electrons. The molecular weight excluding hydrogens is 667 g/mol. The molecule has 216 valence electrons. The number of hydrogen-bond acceptors (Lipinski definition) is 8. The molecule has 1 aromatic heterocycles. The Kier molecular flexibility index (Phi) is 9.12. The highest BCUT2D eigenvalue weighted by Gasteiger charge is 2.35. The summed E-state index contributed by atoms with van der Waals surface area (Å²) in [5, 5.41) is 0. The third kappa shape index (κ3) is 5.86. The van der Waals surface area contributed by atoms with Crippen LogP contribution in [0.1, 0.15) is 36.6 Å². The van der Waals surface area contributed by atoms with Crippen molar-refractivity contribution in [3.63, 3.8) is 0 Å². The van der Waals surface area contributed by atoms with Crippen LogP contribution in [0.5, 0.6) is 17.2 Å². The fraction of sp³-hybridized carbons (Fsp3) is 0.219. The molecule has 4 aromatic rings. The molecule has 0 aliphatic carbocycles. The maximum absolute atomic E-state index is 14.0. The normalized spacial score (nSPS) is 14.7. The summed E-state index contributed by atoms with van der Waals surface area (Å²) in [6, 6.07) is 20.3. The number of aromatic nitrogens is 1. The first kappa shape index (κ1) is 29.6. The van der Waals surface area contributed by atoms with E-state index in [1.807, 2.05) is 60.7 Å². The first-order chi connectivity index (χ1) is 20.4. The van der Waals surface area contributed by atoms with Gasteiger partial charge in [0.15, 0.2) is 16.3 Å². The van der Waals surface area contributed by atoms with Gasteiger partial charge >= 0.3 is 5.97 Å². The molecule has 5 rings (SSSR count). The number of carbonyl (C=O) groups is 1. The highest BCUT2D eigenvalue weighted by Crippen LogP contribution is 2.36. The summed E-state index contributed by atoms with van der Waals surface area (Å²) in [4.78, 5) is 32.3. The predicted octanol–water partition coefficient (Wildman–Crippen LogP) is 5.00. The van der Waals surface area contributed by atoms with E-state index in [4.69, 9.17) is 18.9 Å². The summed E-state index contributed by atoms with van der Waals surface area (Å²) in [5.41, 5.74) is 3.00. The molecule has 0 bridgehead atoms. The van der Waals surface area contributed by atoms with Gasteiger partial charge in [0.1, 0.15) is 18.4 Å². The lowest BCUT2D eigenvalue weighted by Crippen LogP contribution is -2.40. The second kappa shape index (κ2) is 13.0. The van der Waals surface area contributed by atoms with Crippen molar-refractivity contribution in [2.75, 3.05) is 20.8 Å². The van der Waals surface area contributed by atoms with E-state index in [1.165, 1.54) is 11.3 Å². The maximum Gasteiger partial charge on any atom is 0.338 e. The molecule has 0 amide bonds. The third-order valence-corrected chi connectivity index (χ3v) is 8.51. The van der Waals surface area contributed by atoms with Gasteiger partial charge < -0.3 is 18.9 Å². The van der Waals surface area contributed by atoms with Crippen molar-refractivity contribution in [2.24, 2.45) is 4.99 Å². The Balaban J connectivity index is 1.61. The topological polar surface area (TPSA) is 88.4 Å². The quantitative estimate of drug-likeness (QED) is 0.181. The van der Waals surface area contributed by atoms with Crippen molar-refractivity contribution >= 4 is 46.0 Å². The van der Waals surface area contributed by atoms with Crippen LogP contribution in [0.2, 0.25) is 0 Å². The maximum atomic E-state index is 14.0. The lowest BCUT2D eigenvalue weighted by molar-refractivity contribution is -0.139. The van der Waals surface area contributed by atoms with Crippen LogP contribution in [-0.2, 0) is 16.1 Å². The highest BCUT2D eigenvalue weighted by molar-refractivity contribution is 14.1. The van der Waals surface area contributed by atoms with Crippen molar-refractivity contribution < 1.29 is 23.7 Å². The van der Waals surface area contributed by atoms with Crippen LogP contribution in [0, 0.1) is 3.57 Å². The Labute approximate surface area is 260 Å². The minimum absolute atomic E-state index is 0.199. The molecule has 0 unspecified atom stereocenters. The number of nitrogens with zero attached hydrogens (tertiary/aromatic N) is 2. The van der Waals surface area contributed by atoms with E-state index in [-0.39, 0.29) is 12.2 Å². The van der Waals surface area contributed by atoms with Gasteiger partial charge in [-0.05, 0) is 71.8 Å². The number of thiazole rings is 1. The molecule has 0 fully saturated rings.